The number of anilines is 2. The molecule has 6 unspecified atom stereocenters. The Morgan fingerprint density at radius 3 is 1.95 bits per heavy atom. The second kappa shape index (κ2) is 14.7. The summed E-state index contributed by atoms with van der Waals surface area (Å²) in [7, 11) is 0. The summed E-state index contributed by atoms with van der Waals surface area (Å²) in [5, 5.41) is 11.8. The van der Waals surface area contributed by atoms with Crippen molar-refractivity contribution in [1.82, 2.24) is 9.99 Å². The number of carbonyl (C=O) groups is 4. The third-order valence-electron chi connectivity index (χ3n) is 12.6. The van der Waals surface area contributed by atoms with Crippen LogP contribution in [0.2, 0.25) is 10.0 Å². The van der Waals surface area contributed by atoms with E-state index in [1.165, 1.54) is 36.4 Å². The fourth-order valence-electron chi connectivity index (χ4n) is 10.0. The Balaban J connectivity index is 1.25. The van der Waals surface area contributed by atoms with Gasteiger partial charge in [-0.1, -0.05) is 77.3 Å². The number of hydrogen-bond donors (Lipinski definition) is 2. The molecule has 3 heterocycles. The summed E-state index contributed by atoms with van der Waals surface area (Å²) in [5.74, 6) is -11.6. The van der Waals surface area contributed by atoms with Gasteiger partial charge in [-0.3, -0.25) is 24.6 Å². The van der Waals surface area contributed by atoms with Gasteiger partial charge in [0.15, 0.2) is 5.82 Å². The fourth-order valence-corrected chi connectivity index (χ4v) is 10.3. The van der Waals surface area contributed by atoms with Crippen molar-refractivity contribution in [2.45, 2.75) is 42.7 Å². The number of alkyl halides is 9. The highest BCUT2D eigenvalue weighted by Crippen LogP contribution is 2.65. The number of pyridine rings is 1. The van der Waals surface area contributed by atoms with E-state index in [1.807, 2.05) is 0 Å². The molecular formula is C44H27Cl2F9N4O5. The van der Waals surface area contributed by atoms with Gasteiger partial charge in [0.1, 0.15) is 5.75 Å². The number of phenolic OH excluding ortho intramolecular Hbond substituents is 1. The lowest BCUT2D eigenvalue weighted by molar-refractivity contribution is -0.143. The number of benzene rings is 4. The molecule has 2 N–H and O–H groups in total. The number of aromatic nitrogens is 1. The second-order valence-corrected chi connectivity index (χ2v) is 16.8. The number of phenols is 1. The van der Waals surface area contributed by atoms with E-state index in [2.05, 4.69) is 10.4 Å². The van der Waals surface area contributed by atoms with Gasteiger partial charge in [0.2, 0.25) is 11.8 Å². The highest BCUT2D eigenvalue weighted by atomic mass is 35.5. The topological polar surface area (TPSA) is 120 Å². The summed E-state index contributed by atoms with van der Waals surface area (Å²) < 4.78 is 125. The van der Waals surface area contributed by atoms with E-state index in [1.54, 1.807) is 30.3 Å². The number of hydrogen-bond acceptors (Lipinski definition) is 7. The molecule has 4 aromatic carbocycles. The van der Waals surface area contributed by atoms with Crippen molar-refractivity contribution in [2.24, 2.45) is 23.7 Å². The Morgan fingerprint density at radius 1 is 0.719 bits per heavy atom. The van der Waals surface area contributed by atoms with Crippen LogP contribution < -0.4 is 10.3 Å². The third kappa shape index (κ3) is 6.58. The number of allylic oxidation sites excluding steroid dienone is 2. The molecule has 6 atom stereocenters. The summed E-state index contributed by atoms with van der Waals surface area (Å²) in [4.78, 5) is 63.5. The second-order valence-electron chi connectivity index (χ2n) is 15.9. The lowest BCUT2D eigenvalue weighted by Gasteiger charge is -2.51. The molecule has 1 saturated carbocycles. The minimum atomic E-state index is -5.31. The first-order chi connectivity index (χ1) is 30.0. The monoisotopic (exact) mass is 932 g/mol. The molecule has 20 heteroatoms. The van der Waals surface area contributed by atoms with Crippen LogP contribution in [-0.2, 0) is 43.1 Å². The SMILES string of the molecule is O=C1C2CC3C(=CCC4C(=O)N(c5cc(C(F)(F)F)cc(C(F)(F)F)c5)C(=O)C43)C(c3ccc(O)c4ccccc34)C2(c2ccc(Cl)cc2)C(=O)N1Nc1ncc(C(F)(F)F)cc1Cl. The average Bonchev–Trinajstić information content (AvgIpc) is 3.61. The number of nitrogens with one attached hydrogen (secondary N) is 1. The standard InChI is InChI=1S/C44H27Cl2F9N4O5/c45-23-7-5-19(6-8-23)41-31(38(62)59(40(41)64)57-36-32(46)16-22(18-56-36)44(53,54)55)17-30-28(35(41)27-11-12-33(60)26-4-2-1-3-25(26)27)9-10-29-34(30)39(63)58(37(29)61)24-14-20(42(47,48)49)13-21(15-24)43(50,51)52/h1-9,11-16,18,29-31,34-35,60H,10,17H2,(H,56,57). The molecule has 4 aliphatic rings. The molecule has 0 radical (unpaired) electrons. The maximum absolute atomic E-state index is 15.5. The predicted molar refractivity (Wildman–Crippen MR) is 211 cm³/mol. The molecule has 330 valence electrons. The van der Waals surface area contributed by atoms with Gasteiger partial charge in [-0.05, 0) is 77.7 Å². The molecule has 9 rings (SSSR count). The van der Waals surface area contributed by atoms with Crippen molar-refractivity contribution in [2.75, 3.05) is 10.3 Å². The van der Waals surface area contributed by atoms with Crippen molar-refractivity contribution in [1.29, 1.82) is 0 Å². The summed E-state index contributed by atoms with van der Waals surface area (Å²) in [5.41, 5.74) is -4.37. The zero-order valence-corrected chi connectivity index (χ0v) is 33.6. The van der Waals surface area contributed by atoms with Gasteiger partial charge in [0.05, 0.1) is 50.6 Å². The van der Waals surface area contributed by atoms with E-state index in [0.29, 0.717) is 44.1 Å². The van der Waals surface area contributed by atoms with Crippen LogP contribution in [0, 0.1) is 23.7 Å². The third-order valence-corrected chi connectivity index (χ3v) is 13.2. The van der Waals surface area contributed by atoms with Crippen LogP contribution in [0.3, 0.4) is 0 Å². The van der Waals surface area contributed by atoms with Crippen LogP contribution in [0.15, 0.2) is 103 Å². The lowest BCUT2D eigenvalue weighted by atomic mass is 9.49. The summed E-state index contributed by atoms with van der Waals surface area (Å²) in [6, 6.07) is 16.2. The normalized spacial score (nSPS) is 24.8. The Bertz CT molecular complexity index is 2840. The van der Waals surface area contributed by atoms with E-state index >= 15 is 9.59 Å². The molecule has 2 aliphatic heterocycles. The smallest absolute Gasteiger partial charge is 0.417 e. The van der Waals surface area contributed by atoms with Gasteiger partial charge in [0.25, 0.3) is 11.8 Å². The maximum Gasteiger partial charge on any atom is 0.417 e. The van der Waals surface area contributed by atoms with Crippen LogP contribution in [0.5, 0.6) is 5.75 Å². The largest absolute Gasteiger partial charge is 0.507 e. The van der Waals surface area contributed by atoms with Crippen molar-refractivity contribution in [3.05, 3.63) is 141 Å². The number of fused-ring (bicyclic) bond motifs is 5. The lowest BCUT2D eigenvalue weighted by Crippen LogP contribution is -2.53. The first kappa shape index (κ1) is 43.1. The fraction of sp³-hybridized carbons (Fsp3) is 0.250. The van der Waals surface area contributed by atoms with Crippen LogP contribution in [-0.4, -0.2) is 38.7 Å². The highest BCUT2D eigenvalue weighted by molar-refractivity contribution is 6.33. The van der Waals surface area contributed by atoms with Gasteiger partial charge >= 0.3 is 18.5 Å². The minimum absolute atomic E-state index is 0.138. The van der Waals surface area contributed by atoms with Gasteiger partial charge in [-0.2, -0.15) is 44.5 Å². The van der Waals surface area contributed by atoms with Crippen LogP contribution in [0.25, 0.3) is 10.8 Å². The molecule has 9 nitrogen and oxygen atoms in total. The molecule has 3 fully saturated rings. The van der Waals surface area contributed by atoms with E-state index in [9.17, 15) is 54.2 Å². The van der Waals surface area contributed by atoms with Gasteiger partial charge in [-0.25, -0.2) is 9.88 Å². The summed E-state index contributed by atoms with van der Waals surface area (Å²) in [6.45, 7) is 0. The van der Waals surface area contributed by atoms with Crippen molar-refractivity contribution >= 4 is 69.1 Å². The summed E-state index contributed by atoms with van der Waals surface area (Å²) >= 11 is 12.6. The molecule has 2 saturated heterocycles. The quantitative estimate of drug-likeness (QED) is 0.102. The molecule has 64 heavy (non-hydrogen) atoms. The van der Waals surface area contributed by atoms with E-state index in [0.717, 1.165) is 0 Å². The van der Waals surface area contributed by atoms with Gasteiger partial charge in [0, 0.05) is 22.5 Å². The van der Waals surface area contributed by atoms with Gasteiger partial charge < -0.3 is 5.11 Å². The van der Waals surface area contributed by atoms with E-state index in [4.69, 9.17) is 23.2 Å². The maximum atomic E-state index is 15.5. The number of halogens is 11. The Morgan fingerprint density at radius 2 is 1.34 bits per heavy atom. The predicted octanol–water partition coefficient (Wildman–Crippen LogP) is 10.5. The Labute approximate surface area is 365 Å². The summed E-state index contributed by atoms with van der Waals surface area (Å²) in [6.07, 6.45) is -14.1. The Kier molecular flexibility index (Phi) is 9.91. The number of nitrogens with zero attached hydrogens (tertiary/aromatic N) is 3. The van der Waals surface area contributed by atoms with Crippen LogP contribution >= 0.6 is 23.2 Å². The molecule has 4 amide bonds. The Hall–Kier alpha value is -6.14. The number of imide groups is 2. The van der Waals surface area contributed by atoms with Gasteiger partial charge in [-0.15, -0.1) is 0 Å². The zero-order valence-electron chi connectivity index (χ0n) is 32.1. The van der Waals surface area contributed by atoms with Crippen LogP contribution in [0.4, 0.5) is 51.0 Å². The first-order valence-corrected chi connectivity index (χ1v) is 20.0. The highest BCUT2D eigenvalue weighted by Gasteiger charge is 2.70. The average molecular weight is 934 g/mol. The molecule has 5 aromatic rings. The number of amides is 4. The number of aromatic hydroxyl groups is 1. The molecular weight excluding hydrogens is 906 g/mol. The molecule has 2 aliphatic carbocycles. The molecule has 0 bridgehead atoms. The van der Waals surface area contributed by atoms with Crippen molar-refractivity contribution in [3.63, 3.8) is 0 Å². The van der Waals surface area contributed by atoms with Crippen LogP contribution in [0.1, 0.15) is 46.6 Å². The van der Waals surface area contributed by atoms with E-state index in [-0.39, 0.29) is 41.0 Å². The number of hydrazine groups is 1. The van der Waals surface area contributed by atoms with Crippen molar-refractivity contribution < 1.29 is 63.8 Å². The van der Waals surface area contributed by atoms with E-state index < -0.39 is 117 Å². The van der Waals surface area contributed by atoms with Crippen molar-refractivity contribution in [3.8, 4) is 5.75 Å². The zero-order chi connectivity index (χ0) is 46.0. The molecule has 1 aromatic heterocycles. The number of rotatable bonds is 5. The number of carbonyl (C=O) groups excluding carboxylic acids is 4. The molecule has 0 spiro atoms. The minimum Gasteiger partial charge on any atom is -0.507 e. The first-order valence-electron chi connectivity index (χ1n) is 19.2.